The van der Waals surface area contributed by atoms with Gasteiger partial charge in [0, 0.05) is 25.7 Å². The number of ether oxygens (including phenoxy) is 1. The molecule has 0 saturated carbocycles. The van der Waals surface area contributed by atoms with Crippen molar-refractivity contribution in [3.05, 3.63) is 23.8 Å². The Morgan fingerprint density at radius 1 is 1.35 bits per heavy atom. The lowest BCUT2D eigenvalue weighted by molar-refractivity contribution is 0.175. The van der Waals surface area contributed by atoms with Gasteiger partial charge in [-0.15, -0.1) is 0 Å². The first kappa shape index (κ1) is 15.1. The summed E-state index contributed by atoms with van der Waals surface area (Å²) in [6.07, 6.45) is 2.36. The van der Waals surface area contributed by atoms with Crippen LogP contribution < -0.4 is 4.74 Å². The monoisotopic (exact) mass is 278 g/mol. The minimum atomic E-state index is 0.227. The Hall–Kier alpha value is -1.26. The molecular formula is C16H26N2O2. The molecule has 0 aromatic heterocycles. The molecule has 2 rings (SSSR count). The van der Waals surface area contributed by atoms with E-state index in [0.717, 1.165) is 31.6 Å². The van der Waals surface area contributed by atoms with Crippen molar-refractivity contribution >= 4 is 0 Å². The van der Waals surface area contributed by atoms with Gasteiger partial charge in [0.15, 0.2) is 11.5 Å². The van der Waals surface area contributed by atoms with Crippen molar-refractivity contribution in [2.24, 2.45) is 0 Å². The first-order valence-corrected chi connectivity index (χ1v) is 7.42. The van der Waals surface area contributed by atoms with E-state index in [9.17, 15) is 5.11 Å². The Labute approximate surface area is 122 Å². The first-order chi connectivity index (χ1) is 9.63. The fraction of sp³-hybridized carbons (Fsp3) is 0.625. The van der Waals surface area contributed by atoms with E-state index in [1.165, 1.54) is 13.0 Å². The topological polar surface area (TPSA) is 35.9 Å². The summed E-state index contributed by atoms with van der Waals surface area (Å²) >= 11 is 0. The number of hydrogen-bond donors (Lipinski definition) is 1. The summed E-state index contributed by atoms with van der Waals surface area (Å²) in [6.45, 7) is 6.56. The van der Waals surface area contributed by atoms with E-state index < -0.39 is 0 Å². The van der Waals surface area contributed by atoms with Gasteiger partial charge in [0.2, 0.25) is 0 Å². The Balaban J connectivity index is 2.08. The molecule has 0 spiro atoms. The van der Waals surface area contributed by atoms with Crippen LogP contribution in [0.25, 0.3) is 0 Å². The van der Waals surface area contributed by atoms with Gasteiger partial charge in [-0.1, -0.05) is 13.0 Å². The van der Waals surface area contributed by atoms with Gasteiger partial charge in [0.25, 0.3) is 0 Å². The van der Waals surface area contributed by atoms with Crippen molar-refractivity contribution in [2.75, 3.05) is 33.8 Å². The molecule has 0 bridgehead atoms. The van der Waals surface area contributed by atoms with E-state index in [4.69, 9.17) is 4.74 Å². The number of hydrogen-bond acceptors (Lipinski definition) is 4. The minimum Gasteiger partial charge on any atom is -0.504 e. The average Bonchev–Trinajstić information content (AvgIpc) is 2.61. The molecule has 1 unspecified atom stereocenters. The maximum atomic E-state index is 9.89. The lowest BCUT2D eigenvalue weighted by Gasteiger charge is -2.30. The summed E-state index contributed by atoms with van der Waals surface area (Å²) in [5, 5.41) is 9.89. The highest BCUT2D eigenvalue weighted by atomic mass is 16.5. The second-order valence-electron chi connectivity index (χ2n) is 5.65. The molecule has 112 valence electrons. The summed E-state index contributed by atoms with van der Waals surface area (Å²) in [5.41, 5.74) is 1.14. The number of methoxy groups -OCH3 is 1. The van der Waals surface area contributed by atoms with Gasteiger partial charge >= 0.3 is 0 Å². The molecule has 1 aromatic carbocycles. The third-order valence-corrected chi connectivity index (χ3v) is 4.12. The highest BCUT2D eigenvalue weighted by molar-refractivity contribution is 5.41. The van der Waals surface area contributed by atoms with Crippen LogP contribution in [0.1, 0.15) is 25.3 Å². The molecule has 0 aliphatic carbocycles. The third kappa shape index (κ3) is 3.64. The Morgan fingerprint density at radius 3 is 2.80 bits per heavy atom. The molecule has 1 atom stereocenters. The number of benzene rings is 1. The number of phenols is 1. The van der Waals surface area contributed by atoms with Gasteiger partial charge in [0.05, 0.1) is 7.11 Å². The molecule has 1 aliphatic heterocycles. The zero-order valence-electron chi connectivity index (χ0n) is 12.8. The van der Waals surface area contributed by atoms with Crippen LogP contribution in [0.5, 0.6) is 11.5 Å². The summed E-state index contributed by atoms with van der Waals surface area (Å²) in [4.78, 5) is 4.95. The second kappa shape index (κ2) is 6.95. The predicted octanol–water partition coefficient (Wildman–Crippen LogP) is 2.32. The lowest BCUT2D eigenvalue weighted by Crippen LogP contribution is -2.39. The van der Waals surface area contributed by atoms with Crippen molar-refractivity contribution < 1.29 is 9.84 Å². The zero-order valence-corrected chi connectivity index (χ0v) is 12.8. The molecule has 1 aromatic rings. The fourth-order valence-electron chi connectivity index (χ4n) is 2.96. The van der Waals surface area contributed by atoms with Crippen LogP contribution in [0.2, 0.25) is 0 Å². The van der Waals surface area contributed by atoms with Crippen LogP contribution in [0.15, 0.2) is 18.2 Å². The predicted molar refractivity (Wildman–Crippen MR) is 81.3 cm³/mol. The smallest absolute Gasteiger partial charge is 0.160 e. The minimum absolute atomic E-state index is 0.227. The Morgan fingerprint density at radius 2 is 2.15 bits per heavy atom. The largest absolute Gasteiger partial charge is 0.504 e. The highest BCUT2D eigenvalue weighted by Gasteiger charge is 2.22. The molecule has 4 heteroatoms. The van der Waals surface area contributed by atoms with Gasteiger partial charge in [0.1, 0.15) is 0 Å². The molecule has 1 fully saturated rings. The van der Waals surface area contributed by atoms with Crippen molar-refractivity contribution in [2.45, 2.75) is 32.4 Å². The maximum absolute atomic E-state index is 9.89. The normalized spacial score (nSPS) is 21.6. The summed E-state index contributed by atoms with van der Waals surface area (Å²) in [7, 11) is 3.78. The second-order valence-corrected chi connectivity index (χ2v) is 5.65. The first-order valence-electron chi connectivity index (χ1n) is 7.42. The Kier molecular flexibility index (Phi) is 5.26. The van der Waals surface area contributed by atoms with E-state index >= 15 is 0 Å². The van der Waals surface area contributed by atoms with E-state index in [1.807, 2.05) is 18.2 Å². The molecule has 20 heavy (non-hydrogen) atoms. The zero-order chi connectivity index (χ0) is 14.5. The number of phenolic OH excluding ortho intramolecular Hbond substituents is 1. The molecule has 1 aliphatic rings. The van der Waals surface area contributed by atoms with Gasteiger partial charge < -0.3 is 14.7 Å². The lowest BCUT2D eigenvalue weighted by atomic mass is 10.1. The number of aromatic hydroxyl groups is 1. The fourth-order valence-corrected chi connectivity index (χ4v) is 2.96. The Bertz CT molecular complexity index is 436. The van der Waals surface area contributed by atoms with E-state index in [1.54, 1.807) is 7.11 Å². The summed E-state index contributed by atoms with van der Waals surface area (Å²) < 4.78 is 5.10. The van der Waals surface area contributed by atoms with Crippen LogP contribution in [0.3, 0.4) is 0 Å². The van der Waals surface area contributed by atoms with E-state index in [0.29, 0.717) is 11.8 Å². The average molecular weight is 278 g/mol. The summed E-state index contributed by atoms with van der Waals surface area (Å²) in [5.74, 6) is 0.765. The molecule has 1 N–H and O–H groups in total. The van der Waals surface area contributed by atoms with Gasteiger partial charge in [-0.2, -0.15) is 0 Å². The van der Waals surface area contributed by atoms with Crippen LogP contribution in [-0.2, 0) is 6.54 Å². The number of likely N-dealkylation sites (N-methyl/N-ethyl adjacent to an activating group) is 1. The van der Waals surface area contributed by atoms with Crippen molar-refractivity contribution in [3.63, 3.8) is 0 Å². The SMILES string of the molecule is CCC1CN(C)CCCN1Cc1ccc(OC)c(O)c1. The molecule has 0 radical (unpaired) electrons. The van der Waals surface area contributed by atoms with Crippen LogP contribution in [-0.4, -0.2) is 54.7 Å². The number of rotatable bonds is 4. The molecule has 1 heterocycles. The van der Waals surface area contributed by atoms with Crippen LogP contribution >= 0.6 is 0 Å². The quantitative estimate of drug-likeness (QED) is 0.917. The molecule has 1 saturated heterocycles. The van der Waals surface area contributed by atoms with Gasteiger partial charge in [-0.25, -0.2) is 0 Å². The number of nitrogens with zero attached hydrogens (tertiary/aromatic N) is 2. The van der Waals surface area contributed by atoms with Gasteiger partial charge in [-0.05, 0) is 44.1 Å². The molecule has 0 amide bonds. The van der Waals surface area contributed by atoms with Crippen molar-refractivity contribution in [1.82, 2.24) is 9.80 Å². The molecule has 4 nitrogen and oxygen atoms in total. The molecular weight excluding hydrogens is 252 g/mol. The van der Waals surface area contributed by atoms with Gasteiger partial charge in [-0.3, -0.25) is 4.90 Å². The standard InChI is InChI=1S/C16H26N2O2/c1-4-14-12-17(2)8-5-9-18(14)11-13-6-7-16(20-3)15(19)10-13/h6-7,10,14,19H,4-5,8-9,11-12H2,1-3H3. The van der Waals surface area contributed by atoms with Crippen molar-refractivity contribution in [3.8, 4) is 11.5 Å². The maximum Gasteiger partial charge on any atom is 0.160 e. The van der Waals surface area contributed by atoms with Crippen LogP contribution in [0, 0.1) is 0 Å². The van der Waals surface area contributed by atoms with Crippen molar-refractivity contribution in [1.29, 1.82) is 0 Å². The highest BCUT2D eigenvalue weighted by Crippen LogP contribution is 2.27. The third-order valence-electron chi connectivity index (χ3n) is 4.12. The summed E-state index contributed by atoms with van der Waals surface area (Å²) in [6, 6.07) is 6.29. The van der Waals surface area contributed by atoms with E-state index in [-0.39, 0.29) is 5.75 Å². The van der Waals surface area contributed by atoms with Crippen LogP contribution in [0.4, 0.5) is 0 Å². The van der Waals surface area contributed by atoms with E-state index in [2.05, 4.69) is 23.8 Å².